The van der Waals surface area contributed by atoms with Gasteiger partial charge in [-0.15, -0.1) is 0 Å². The number of nitrogens with zero attached hydrogens (tertiary/aromatic N) is 1. The van der Waals surface area contributed by atoms with Crippen molar-refractivity contribution in [2.45, 2.75) is 63.0 Å². The molecule has 4 heteroatoms. The van der Waals surface area contributed by atoms with Gasteiger partial charge in [-0.3, -0.25) is 4.79 Å². The predicted molar refractivity (Wildman–Crippen MR) is 103 cm³/mol. The smallest absolute Gasteiger partial charge is 0.222 e. The summed E-state index contributed by atoms with van der Waals surface area (Å²) in [5, 5.41) is 0. The molecule has 1 aromatic carbocycles. The number of hydrogen-bond acceptors (Lipinski definition) is 3. The SMILES string of the molecule is N[C@@H]1CCO[C@@H](C2CCN(C(=O)CC3CC(c4ccccc4)C3)CC2)C1. The quantitative estimate of drug-likeness (QED) is 0.900. The first-order valence-corrected chi connectivity index (χ1v) is 10.4. The maximum atomic E-state index is 12.7. The fraction of sp³-hybridized carbons (Fsp3) is 0.682. The van der Waals surface area contributed by atoms with Gasteiger partial charge >= 0.3 is 0 Å². The highest BCUT2D eigenvalue weighted by atomic mass is 16.5. The molecule has 3 aliphatic rings. The Morgan fingerprint density at radius 1 is 1.08 bits per heavy atom. The van der Waals surface area contributed by atoms with Gasteiger partial charge in [0.25, 0.3) is 0 Å². The molecular weight excluding hydrogens is 324 g/mol. The summed E-state index contributed by atoms with van der Waals surface area (Å²) in [4.78, 5) is 14.7. The van der Waals surface area contributed by atoms with Crippen LogP contribution >= 0.6 is 0 Å². The number of rotatable bonds is 4. The average molecular weight is 357 g/mol. The molecular formula is C22H32N2O2. The molecule has 2 saturated heterocycles. The first kappa shape index (κ1) is 18.0. The Hall–Kier alpha value is -1.39. The van der Waals surface area contributed by atoms with Crippen molar-refractivity contribution in [3.63, 3.8) is 0 Å². The largest absolute Gasteiger partial charge is 0.378 e. The number of carbonyl (C=O) groups excluding carboxylic acids is 1. The Balaban J connectivity index is 1.19. The van der Waals surface area contributed by atoms with Crippen molar-refractivity contribution in [2.75, 3.05) is 19.7 Å². The second-order valence-corrected chi connectivity index (χ2v) is 8.56. The summed E-state index contributed by atoms with van der Waals surface area (Å²) in [5.41, 5.74) is 7.53. The van der Waals surface area contributed by atoms with Gasteiger partial charge in [0.15, 0.2) is 0 Å². The van der Waals surface area contributed by atoms with Crippen molar-refractivity contribution in [3.05, 3.63) is 35.9 Å². The number of nitrogens with two attached hydrogens (primary N) is 1. The van der Waals surface area contributed by atoms with Crippen molar-refractivity contribution in [1.82, 2.24) is 4.90 Å². The van der Waals surface area contributed by atoms with Crippen LogP contribution in [0.5, 0.6) is 0 Å². The number of piperidine rings is 1. The molecule has 1 saturated carbocycles. The van der Waals surface area contributed by atoms with Crippen molar-refractivity contribution in [1.29, 1.82) is 0 Å². The predicted octanol–water partition coefficient (Wildman–Crippen LogP) is 3.32. The molecule has 2 aliphatic heterocycles. The third-order valence-electron chi connectivity index (χ3n) is 6.74. The van der Waals surface area contributed by atoms with Gasteiger partial charge < -0.3 is 15.4 Å². The number of hydrogen-bond donors (Lipinski definition) is 1. The number of ether oxygens (including phenoxy) is 1. The van der Waals surface area contributed by atoms with Crippen LogP contribution < -0.4 is 5.73 Å². The number of carbonyl (C=O) groups is 1. The van der Waals surface area contributed by atoms with E-state index in [0.717, 1.165) is 51.8 Å². The molecule has 0 unspecified atom stereocenters. The van der Waals surface area contributed by atoms with E-state index in [2.05, 4.69) is 35.2 Å². The highest BCUT2D eigenvalue weighted by molar-refractivity contribution is 5.76. The molecule has 2 atom stereocenters. The first-order valence-electron chi connectivity index (χ1n) is 10.4. The average Bonchev–Trinajstić information content (AvgIpc) is 2.65. The van der Waals surface area contributed by atoms with Crippen molar-refractivity contribution < 1.29 is 9.53 Å². The third kappa shape index (κ3) is 4.12. The molecule has 4 nitrogen and oxygen atoms in total. The number of benzene rings is 1. The monoisotopic (exact) mass is 356 g/mol. The molecule has 26 heavy (non-hydrogen) atoms. The maximum Gasteiger partial charge on any atom is 0.222 e. The van der Waals surface area contributed by atoms with E-state index in [-0.39, 0.29) is 0 Å². The van der Waals surface area contributed by atoms with Gasteiger partial charge in [0.2, 0.25) is 5.91 Å². The van der Waals surface area contributed by atoms with E-state index in [4.69, 9.17) is 10.5 Å². The van der Waals surface area contributed by atoms with E-state index in [1.165, 1.54) is 18.4 Å². The zero-order valence-electron chi connectivity index (χ0n) is 15.7. The molecule has 3 fully saturated rings. The zero-order valence-corrected chi connectivity index (χ0v) is 15.7. The first-order chi connectivity index (χ1) is 12.7. The molecule has 0 aromatic heterocycles. The van der Waals surface area contributed by atoms with Crippen LogP contribution in [0.4, 0.5) is 0 Å². The Bertz CT molecular complexity index is 591. The van der Waals surface area contributed by atoms with E-state index in [9.17, 15) is 4.79 Å². The molecule has 2 N–H and O–H groups in total. The Morgan fingerprint density at radius 3 is 2.50 bits per heavy atom. The number of likely N-dealkylation sites (tertiary alicyclic amines) is 1. The van der Waals surface area contributed by atoms with Gasteiger partial charge in [0.1, 0.15) is 0 Å². The highest BCUT2D eigenvalue weighted by Gasteiger charge is 2.35. The lowest BCUT2D eigenvalue weighted by atomic mass is 9.70. The van der Waals surface area contributed by atoms with Gasteiger partial charge in [0, 0.05) is 32.2 Å². The third-order valence-corrected chi connectivity index (χ3v) is 6.74. The van der Waals surface area contributed by atoms with Crippen LogP contribution in [0.2, 0.25) is 0 Å². The molecule has 0 radical (unpaired) electrons. The standard InChI is InChI=1S/C22H32N2O2/c23-20-8-11-26-21(15-20)18-6-9-24(10-7-18)22(25)14-16-12-19(13-16)17-4-2-1-3-5-17/h1-5,16,18-21H,6-15,23H2/t16?,19?,20-,21-/m1/s1. The topological polar surface area (TPSA) is 55.6 Å². The van der Waals surface area contributed by atoms with Crippen molar-refractivity contribution in [3.8, 4) is 0 Å². The summed E-state index contributed by atoms with van der Waals surface area (Å²) in [7, 11) is 0. The van der Waals surface area contributed by atoms with Gasteiger partial charge in [0.05, 0.1) is 6.10 Å². The second kappa shape index (κ2) is 8.10. The highest BCUT2D eigenvalue weighted by Crippen LogP contribution is 2.43. The fourth-order valence-electron chi connectivity index (χ4n) is 4.98. The van der Waals surface area contributed by atoms with E-state index < -0.39 is 0 Å². The van der Waals surface area contributed by atoms with Crippen molar-refractivity contribution >= 4 is 5.91 Å². The second-order valence-electron chi connectivity index (χ2n) is 8.56. The molecule has 1 aliphatic carbocycles. The Morgan fingerprint density at radius 2 is 1.81 bits per heavy atom. The van der Waals surface area contributed by atoms with Gasteiger partial charge in [-0.2, -0.15) is 0 Å². The summed E-state index contributed by atoms with van der Waals surface area (Å²) >= 11 is 0. The molecule has 0 spiro atoms. The molecule has 2 heterocycles. The lowest BCUT2D eigenvalue weighted by Gasteiger charge is -2.40. The van der Waals surface area contributed by atoms with Crippen LogP contribution in [0.15, 0.2) is 30.3 Å². The minimum atomic E-state index is 0.296. The zero-order chi connectivity index (χ0) is 17.9. The van der Waals surface area contributed by atoms with E-state index in [0.29, 0.717) is 35.8 Å². The van der Waals surface area contributed by atoms with Gasteiger partial charge in [-0.1, -0.05) is 30.3 Å². The van der Waals surface area contributed by atoms with Crippen LogP contribution in [0.3, 0.4) is 0 Å². The van der Waals surface area contributed by atoms with Gasteiger partial charge in [-0.25, -0.2) is 0 Å². The summed E-state index contributed by atoms with van der Waals surface area (Å²) < 4.78 is 5.95. The molecule has 1 amide bonds. The van der Waals surface area contributed by atoms with Crippen LogP contribution in [0, 0.1) is 11.8 Å². The minimum absolute atomic E-state index is 0.296. The van der Waals surface area contributed by atoms with Crippen LogP contribution in [0.25, 0.3) is 0 Å². The fourth-order valence-corrected chi connectivity index (χ4v) is 4.98. The van der Waals surface area contributed by atoms with Gasteiger partial charge in [-0.05, 0) is 61.8 Å². The maximum absolute atomic E-state index is 12.7. The van der Waals surface area contributed by atoms with E-state index >= 15 is 0 Å². The number of amides is 1. The Kier molecular flexibility index (Phi) is 5.60. The molecule has 142 valence electrons. The van der Waals surface area contributed by atoms with Crippen LogP contribution in [-0.4, -0.2) is 42.6 Å². The van der Waals surface area contributed by atoms with E-state index in [1.807, 2.05) is 0 Å². The lowest BCUT2D eigenvalue weighted by Crippen LogP contribution is -2.45. The summed E-state index contributed by atoms with van der Waals surface area (Å²) in [6.07, 6.45) is 7.50. The van der Waals surface area contributed by atoms with E-state index in [1.54, 1.807) is 0 Å². The molecule has 1 aromatic rings. The lowest BCUT2D eigenvalue weighted by molar-refractivity contribution is -0.135. The molecule has 4 rings (SSSR count). The van der Waals surface area contributed by atoms with Crippen molar-refractivity contribution in [2.24, 2.45) is 17.6 Å². The van der Waals surface area contributed by atoms with Crippen LogP contribution in [0.1, 0.15) is 56.4 Å². The summed E-state index contributed by atoms with van der Waals surface area (Å²) in [6.45, 7) is 2.59. The van der Waals surface area contributed by atoms with Crippen LogP contribution in [-0.2, 0) is 9.53 Å². The normalized spacial score (nSPS) is 32.9. The minimum Gasteiger partial charge on any atom is -0.378 e. The Labute approximate surface area is 157 Å². The molecule has 0 bridgehead atoms. The summed E-state index contributed by atoms with van der Waals surface area (Å²) in [5.74, 6) is 2.18. The summed E-state index contributed by atoms with van der Waals surface area (Å²) in [6, 6.07) is 11.0.